The molecule has 0 radical (unpaired) electrons. The molecule has 1 unspecified atom stereocenters. The molecule has 1 N–H and O–H groups in total. The lowest BCUT2D eigenvalue weighted by Crippen LogP contribution is -2.48. The van der Waals surface area contributed by atoms with Crippen LogP contribution < -0.4 is 0 Å². The van der Waals surface area contributed by atoms with E-state index in [0.717, 1.165) is 10.5 Å². The SMILES string of the molecule is OC1=CCON(Cc2ccccc2)[C@H]1[C@H]1COC(Sc2ccccc2)O1. The van der Waals surface area contributed by atoms with Gasteiger partial charge in [0.1, 0.15) is 17.9 Å². The molecule has 6 heteroatoms. The highest BCUT2D eigenvalue weighted by molar-refractivity contribution is 7.99. The van der Waals surface area contributed by atoms with Crippen molar-refractivity contribution in [1.29, 1.82) is 0 Å². The lowest BCUT2D eigenvalue weighted by atomic mass is 10.1. The van der Waals surface area contributed by atoms with Crippen LogP contribution in [0.3, 0.4) is 0 Å². The third-order valence-electron chi connectivity index (χ3n) is 4.34. The van der Waals surface area contributed by atoms with Gasteiger partial charge in [0, 0.05) is 4.90 Å². The lowest BCUT2D eigenvalue weighted by molar-refractivity contribution is -0.212. The largest absolute Gasteiger partial charge is 0.511 e. The van der Waals surface area contributed by atoms with E-state index in [-0.39, 0.29) is 17.9 Å². The van der Waals surface area contributed by atoms with Crippen LogP contribution in [0.15, 0.2) is 77.4 Å². The van der Waals surface area contributed by atoms with E-state index >= 15 is 0 Å². The van der Waals surface area contributed by atoms with Crippen LogP contribution in [0.5, 0.6) is 0 Å². The molecular weight excluding hydrogens is 350 g/mol. The van der Waals surface area contributed by atoms with Crippen LogP contribution >= 0.6 is 11.8 Å². The minimum atomic E-state index is -0.393. The molecule has 4 rings (SSSR count). The number of hydroxylamine groups is 2. The van der Waals surface area contributed by atoms with Crippen LogP contribution in [-0.4, -0.2) is 41.2 Å². The number of aliphatic hydroxyl groups excluding tert-OH is 1. The Kier molecular flexibility index (Phi) is 5.57. The Labute approximate surface area is 157 Å². The highest BCUT2D eigenvalue weighted by Crippen LogP contribution is 2.33. The van der Waals surface area contributed by atoms with Crippen LogP contribution in [0.1, 0.15) is 5.56 Å². The summed E-state index contributed by atoms with van der Waals surface area (Å²) < 4.78 is 11.9. The number of hydrogen-bond acceptors (Lipinski definition) is 6. The van der Waals surface area contributed by atoms with Crippen LogP contribution in [-0.2, 0) is 20.9 Å². The summed E-state index contributed by atoms with van der Waals surface area (Å²) >= 11 is 1.52. The van der Waals surface area contributed by atoms with Crippen molar-refractivity contribution in [3.63, 3.8) is 0 Å². The summed E-state index contributed by atoms with van der Waals surface area (Å²) in [4.78, 5) is 6.87. The fourth-order valence-corrected chi connectivity index (χ4v) is 3.96. The molecule has 2 aromatic carbocycles. The van der Waals surface area contributed by atoms with Crippen molar-refractivity contribution < 1.29 is 19.4 Å². The van der Waals surface area contributed by atoms with Crippen molar-refractivity contribution in [1.82, 2.24) is 5.06 Å². The van der Waals surface area contributed by atoms with Crippen LogP contribution in [0, 0.1) is 0 Å². The fourth-order valence-electron chi connectivity index (χ4n) is 3.08. The molecule has 0 amide bonds. The third-order valence-corrected chi connectivity index (χ3v) is 5.32. The number of rotatable bonds is 5. The molecule has 2 heterocycles. The van der Waals surface area contributed by atoms with E-state index in [1.165, 1.54) is 11.8 Å². The standard InChI is InChI=1S/C20H21NO4S/c22-17-11-12-24-21(13-15-7-3-1-4-8-15)19(17)18-14-23-20(25-18)26-16-9-5-2-6-10-16/h1-11,18-20,22H,12-14H2/t18-,19-,20?/m1/s1. The van der Waals surface area contributed by atoms with Crippen molar-refractivity contribution in [2.45, 2.75) is 29.2 Å². The molecule has 3 atom stereocenters. The number of nitrogens with zero attached hydrogens (tertiary/aromatic N) is 1. The average molecular weight is 371 g/mol. The number of benzene rings is 2. The first-order valence-electron chi connectivity index (χ1n) is 8.61. The second kappa shape index (κ2) is 8.24. The zero-order valence-corrected chi connectivity index (χ0v) is 15.0. The topological polar surface area (TPSA) is 51.2 Å². The van der Waals surface area contributed by atoms with E-state index in [4.69, 9.17) is 14.3 Å². The zero-order valence-electron chi connectivity index (χ0n) is 14.2. The molecular formula is C20H21NO4S. The van der Waals surface area contributed by atoms with Crippen molar-refractivity contribution in [3.8, 4) is 0 Å². The Bertz CT molecular complexity index is 740. The minimum Gasteiger partial charge on any atom is -0.511 e. The molecule has 1 fully saturated rings. The maximum Gasteiger partial charge on any atom is 0.212 e. The third kappa shape index (κ3) is 4.11. The van der Waals surface area contributed by atoms with E-state index in [0.29, 0.717) is 19.8 Å². The van der Waals surface area contributed by atoms with Gasteiger partial charge in [-0.1, -0.05) is 60.3 Å². The highest BCUT2D eigenvalue weighted by Gasteiger charge is 2.40. The van der Waals surface area contributed by atoms with Gasteiger partial charge in [-0.15, -0.1) is 0 Å². The molecule has 2 aromatic rings. The Morgan fingerprint density at radius 2 is 1.77 bits per heavy atom. The number of ether oxygens (including phenoxy) is 2. The molecule has 0 spiro atoms. The van der Waals surface area contributed by atoms with Gasteiger partial charge in [-0.05, 0) is 23.8 Å². The van der Waals surface area contributed by atoms with Crippen LogP contribution in [0.4, 0.5) is 0 Å². The minimum absolute atomic E-state index is 0.270. The summed E-state index contributed by atoms with van der Waals surface area (Å²) in [7, 11) is 0. The molecule has 26 heavy (non-hydrogen) atoms. The van der Waals surface area contributed by atoms with Gasteiger partial charge in [-0.25, -0.2) is 0 Å². The summed E-state index contributed by atoms with van der Waals surface area (Å²) in [5.74, 6) is 0.270. The number of hydrogen-bond donors (Lipinski definition) is 1. The molecule has 0 saturated carbocycles. The predicted octanol–water partition coefficient (Wildman–Crippen LogP) is 3.74. The predicted molar refractivity (Wildman–Crippen MR) is 99.3 cm³/mol. The lowest BCUT2D eigenvalue weighted by Gasteiger charge is -2.35. The van der Waals surface area contributed by atoms with Gasteiger partial charge >= 0.3 is 0 Å². The second-order valence-electron chi connectivity index (χ2n) is 6.16. The summed E-state index contributed by atoms with van der Waals surface area (Å²) in [6.07, 6.45) is 1.39. The maximum atomic E-state index is 10.5. The summed E-state index contributed by atoms with van der Waals surface area (Å²) in [6, 6.07) is 19.6. The van der Waals surface area contributed by atoms with Crippen LogP contribution in [0.2, 0.25) is 0 Å². The van der Waals surface area contributed by atoms with Gasteiger partial charge in [0.05, 0.1) is 19.8 Å². The van der Waals surface area contributed by atoms with Gasteiger partial charge < -0.3 is 14.6 Å². The van der Waals surface area contributed by atoms with E-state index in [1.54, 1.807) is 11.1 Å². The summed E-state index contributed by atoms with van der Waals surface area (Å²) in [5, 5.41) is 12.2. The first kappa shape index (κ1) is 17.6. The summed E-state index contributed by atoms with van der Waals surface area (Å²) in [5.41, 5.74) is 0.719. The van der Waals surface area contributed by atoms with E-state index < -0.39 is 5.62 Å². The van der Waals surface area contributed by atoms with Gasteiger partial charge in [0.25, 0.3) is 0 Å². The Morgan fingerprint density at radius 3 is 2.54 bits per heavy atom. The van der Waals surface area contributed by atoms with E-state index in [2.05, 4.69) is 0 Å². The zero-order chi connectivity index (χ0) is 17.8. The quantitative estimate of drug-likeness (QED) is 0.864. The first-order chi connectivity index (χ1) is 12.8. The second-order valence-corrected chi connectivity index (χ2v) is 7.25. The normalized spacial score (nSPS) is 26.6. The van der Waals surface area contributed by atoms with E-state index in [9.17, 15) is 5.11 Å². The molecule has 0 aliphatic carbocycles. The average Bonchev–Trinajstić information content (AvgIpc) is 3.11. The molecule has 0 bridgehead atoms. The van der Waals surface area contributed by atoms with Crippen molar-refractivity contribution in [2.75, 3.05) is 13.2 Å². The van der Waals surface area contributed by atoms with E-state index in [1.807, 2.05) is 60.7 Å². The Morgan fingerprint density at radius 1 is 1.04 bits per heavy atom. The summed E-state index contributed by atoms with van der Waals surface area (Å²) in [6.45, 7) is 1.33. The van der Waals surface area contributed by atoms with Gasteiger partial charge in [-0.3, -0.25) is 4.84 Å². The van der Waals surface area contributed by atoms with Gasteiger partial charge in [0.15, 0.2) is 0 Å². The smallest absolute Gasteiger partial charge is 0.212 e. The van der Waals surface area contributed by atoms with Crippen molar-refractivity contribution >= 4 is 11.8 Å². The number of aliphatic hydroxyl groups is 1. The molecule has 5 nitrogen and oxygen atoms in total. The molecule has 1 saturated heterocycles. The Hall–Kier alpha value is -1.83. The van der Waals surface area contributed by atoms with Crippen LogP contribution in [0.25, 0.3) is 0 Å². The fraction of sp³-hybridized carbons (Fsp3) is 0.300. The monoisotopic (exact) mass is 371 g/mol. The maximum absolute atomic E-state index is 10.5. The molecule has 2 aliphatic rings. The van der Waals surface area contributed by atoms with Gasteiger partial charge in [0.2, 0.25) is 5.62 Å². The molecule has 2 aliphatic heterocycles. The Balaban J connectivity index is 1.44. The van der Waals surface area contributed by atoms with Crippen molar-refractivity contribution in [2.24, 2.45) is 0 Å². The van der Waals surface area contributed by atoms with Gasteiger partial charge in [-0.2, -0.15) is 5.06 Å². The van der Waals surface area contributed by atoms with Crippen molar-refractivity contribution in [3.05, 3.63) is 78.1 Å². The molecule has 136 valence electrons. The molecule has 0 aromatic heterocycles. The number of thioether (sulfide) groups is 1. The first-order valence-corrected chi connectivity index (χ1v) is 9.49. The highest BCUT2D eigenvalue weighted by atomic mass is 32.2.